The van der Waals surface area contributed by atoms with Gasteiger partial charge in [-0.05, 0) is 31.2 Å². The van der Waals surface area contributed by atoms with Crippen molar-refractivity contribution in [2.75, 3.05) is 0 Å². The van der Waals surface area contributed by atoms with E-state index in [9.17, 15) is 0 Å². The van der Waals surface area contributed by atoms with E-state index in [1.807, 2.05) is 19.2 Å². The Hall–Kier alpha value is -1.81. The van der Waals surface area contributed by atoms with Crippen LogP contribution in [0, 0.1) is 12.3 Å². The molecule has 1 aromatic carbocycles. The zero-order valence-corrected chi connectivity index (χ0v) is 9.49. The number of rotatable bonds is 2. The van der Waals surface area contributed by atoms with Crippen LogP contribution in [-0.4, -0.2) is 15.6 Å². The molecule has 0 aliphatic carbocycles. The summed E-state index contributed by atoms with van der Waals surface area (Å²) in [5.41, 5.74) is 7.75. The molecule has 16 heavy (non-hydrogen) atoms. The topological polar surface area (TPSA) is 67.7 Å². The number of benzene rings is 1. The molecule has 0 fully saturated rings. The van der Waals surface area contributed by atoms with Crippen LogP contribution in [0.4, 0.5) is 0 Å². The summed E-state index contributed by atoms with van der Waals surface area (Å²) < 4.78 is 1.68. The van der Waals surface area contributed by atoms with Gasteiger partial charge in [-0.3, -0.25) is 5.41 Å². The first-order chi connectivity index (χ1) is 7.58. The van der Waals surface area contributed by atoms with Crippen LogP contribution in [0.25, 0.3) is 5.69 Å². The number of halogens is 1. The summed E-state index contributed by atoms with van der Waals surface area (Å²) in [6.07, 6.45) is 1.82. The van der Waals surface area contributed by atoms with Crippen LogP contribution < -0.4 is 5.73 Å². The highest BCUT2D eigenvalue weighted by Gasteiger charge is 2.08. The number of nitrogens with one attached hydrogen (secondary N) is 1. The Morgan fingerprint density at radius 3 is 2.75 bits per heavy atom. The van der Waals surface area contributed by atoms with Crippen molar-refractivity contribution < 1.29 is 0 Å². The monoisotopic (exact) mass is 234 g/mol. The Morgan fingerprint density at radius 1 is 1.44 bits per heavy atom. The van der Waals surface area contributed by atoms with Crippen LogP contribution in [0.15, 0.2) is 30.5 Å². The quantitative estimate of drug-likeness (QED) is 0.617. The Balaban J connectivity index is 2.60. The van der Waals surface area contributed by atoms with Gasteiger partial charge in [-0.1, -0.05) is 11.6 Å². The van der Waals surface area contributed by atoms with Crippen molar-refractivity contribution in [3.63, 3.8) is 0 Å². The number of amidine groups is 1. The fraction of sp³-hybridized carbons (Fsp3) is 0.0909. The summed E-state index contributed by atoms with van der Waals surface area (Å²) >= 11 is 5.87. The van der Waals surface area contributed by atoms with Crippen molar-refractivity contribution in [3.8, 4) is 5.69 Å². The Labute approximate surface area is 98.2 Å². The number of nitrogen functional groups attached to an aromatic ring is 1. The zero-order valence-electron chi connectivity index (χ0n) is 8.74. The Kier molecular flexibility index (Phi) is 2.66. The van der Waals surface area contributed by atoms with Crippen molar-refractivity contribution >= 4 is 17.4 Å². The molecular formula is C11H11ClN4. The van der Waals surface area contributed by atoms with E-state index >= 15 is 0 Å². The largest absolute Gasteiger partial charge is 0.384 e. The summed E-state index contributed by atoms with van der Waals surface area (Å²) in [5, 5.41) is 12.3. The van der Waals surface area contributed by atoms with E-state index in [-0.39, 0.29) is 5.84 Å². The maximum atomic E-state index is 7.51. The lowest BCUT2D eigenvalue weighted by Crippen LogP contribution is -2.15. The van der Waals surface area contributed by atoms with E-state index in [4.69, 9.17) is 22.7 Å². The average molecular weight is 235 g/mol. The minimum absolute atomic E-state index is 0.0225. The molecule has 2 rings (SSSR count). The second-order valence-corrected chi connectivity index (χ2v) is 3.91. The molecule has 0 radical (unpaired) electrons. The SMILES string of the molecule is Cc1ccn(-c2ccc(Cl)cc2C(=N)N)n1. The summed E-state index contributed by atoms with van der Waals surface area (Å²) in [5.74, 6) is -0.0225. The molecule has 0 saturated heterocycles. The van der Waals surface area contributed by atoms with Crippen molar-refractivity contribution in [1.29, 1.82) is 5.41 Å². The van der Waals surface area contributed by atoms with Crippen LogP contribution in [0.2, 0.25) is 5.02 Å². The molecule has 0 spiro atoms. The lowest BCUT2D eigenvalue weighted by molar-refractivity contribution is 0.860. The third-order valence-electron chi connectivity index (χ3n) is 2.22. The predicted octanol–water partition coefficient (Wildman–Crippen LogP) is 2.12. The van der Waals surface area contributed by atoms with E-state index in [1.54, 1.807) is 22.9 Å². The molecule has 0 atom stereocenters. The number of nitrogens with zero attached hydrogens (tertiary/aromatic N) is 2. The molecule has 4 nitrogen and oxygen atoms in total. The fourth-order valence-corrected chi connectivity index (χ4v) is 1.65. The molecule has 3 N–H and O–H groups in total. The Morgan fingerprint density at radius 2 is 2.19 bits per heavy atom. The predicted molar refractivity (Wildman–Crippen MR) is 64.3 cm³/mol. The molecule has 82 valence electrons. The van der Waals surface area contributed by atoms with E-state index in [2.05, 4.69) is 5.10 Å². The summed E-state index contributed by atoms with van der Waals surface area (Å²) in [6, 6.07) is 7.10. The fourth-order valence-electron chi connectivity index (χ4n) is 1.47. The van der Waals surface area contributed by atoms with Crippen molar-refractivity contribution in [1.82, 2.24) is 9.78 Å². The number of hydrogen-bond donors (Lipinski definition) is 2. The first-order valence-electron chi connectivity index (χ1n) is 4.74. The van der Waals surface area contributed by atoms with Gasteiger partial charge in [0.1, 0.15) is 5.84 Å². The van der Waals surface area contributed by atoms with Crippen LogP contribution in [0.1, 0.15) is 11.3 Å². The molecule has 0 aliphatic rings. The van der Waals surface area contributed by atoms with Gasteiger partial charge < -0.3 is 5.73 Å². The lowest BCUT2D eigenvalue weighted by atomic mass is 10.1. The van der Waals surface area contributed by atoms with Crippen molar-refractivity contribution in [2.24, 2.45) is 5.73 Å². The minimum Gasteiger partial charge on any atom is -0.384 e. The third kappa shape index (κ3) is 1.92. The van der Waals surface area contributed by atoms with E-state index in [1.165, 1.54) is 0 Å². The third-order valence-corrected chi connectivity index (χ3v) is 2.45. The highest BCUT2D eigenvalue weighted by molar-refractivity contribution is 6.31. The maximum Gasteiger partial charge on any atom is 0.125 e. The standard InChI is InChI=1S/C11H11ClN4/c1-7-4-5-16(15-7)10-3-2-8(12)6-9(10)11(13)14/h2-6H,1H3,(H3,13,14). The highest BCUT2D eigenvalue weighted by Crippen LogP contribution is 2.19. The molecule has 1 heterocycles. The van der Waals surface area contributed by atoms with Gasteiger partial charge in [0.05, 0.1) is 11.4 Å². The zero-order chi connectivity index (χ0) is 11.7. The molecule has 0 aliphatic heterocycles. The molecule has 0 saturated carbocycles. The maximum absolute atomic E-state index is 7.51. The Bertz CT molecular complexity index is 545. The number of aromatic nitrogens is 2. The number of aryl methyl sites for hydroxylation is 1. The smallest absolute Gasteiger partial charge is 0.125 e. The van der Waals surface area contributed by atoms with Gasteiger partial charge in [0.2, 0.25) is 0 Å². The molecule has 0 amide bonds. The molecule has 0 bridgehead atoms. The van der Waals surface area contributed by atoms with Gasteiger partial charge in [0, 0.05) is 16.8 Å². The first-order valence-corrected chi connectivity index (χ1v) is 5.12. The second kappa shape index (κ2) is 3.98. The van der Waals surface area contributed by atoms with Gasteiger partial charge in [0.15, 0.2) is 0 Å². The molecule has 2 aromatic rings. The van der Waals surface area contributed by atoms with Crippen LogP contribution in [0.5, 0.6) is 0 Å². The molecular weight excluding hydrogens is 224 g/mol. The lowest BCUT2D eigenvalue weighted by Gasteiger charge is -2.08. The first kappa shape index (κ1) is 10.7. The number of nitrogens with two attached hydrogens (primary N) is 1. The van der Waals surface area contributed by atoms with Crippen molar-refractivity contribution in [3.05, 3.63) is 46.7 Å². The summed E-state index contributed by atoms with van der Waals surface area (Å²) in [7, 11) is 0. The van der Waals surface area contributed by atoms with Gasteiger partial charge in [-0.25, -0.2) is 4.68 Å². The van der Waals surface area contributed by atoms with Gasteiger partial charge in [-0.2, -0.15) is 5.10 Å². The van der Waals surface area contributed by atoms with Gasteiger partial charge in [0.25, 0.3) is 0 Å². The molecule has 5 heteroatoms. The van der Waals surface area contributed by atoms with E-state index < -0.39 is 0 Å². The average Bonchev–Trinajstić information content (AvgIpc) is 2.64. The summed E-state index contributed by atoms with van der Waals surface area (Å²) in [4.78, 5) is 0. The summed E-state index contributed by atoms with van der Waals surface area (Å²) in [6.45, 7) is 1.90. The highest BCUT2D eigenvalue weighted by atomic mass is 35.5. The van der Waals surface area contributed by atoms with Crippen LogP contribution in [-0.2, 0) is 0 Å². The van der Waals surface area contributed by atoms with Crippen molar-refractivity contribution in [2.45, 2.75) is 6.92 Å². The van der Waals surface area contributed by atoms with Crippen LogP contribution in [0.3, 0.4) is 0 Å². The molecule has 0 unspecified atom stereocenters. The van der Waals surface area contributed by atoms with Gasteiger partial charge >= 0.3 is 0 Å². The van der Waals surface area contributed by atoms with E-state index in [0.29, 0.717) is 10.6 Å². The number of hydrogen-bond acceptors (Lipinski definition) is 2. The molecule has 1 aromatic heterocycles. The van der Waals surface area contributed by atoms with Gasteiger partial charge in [-0.15, -0.1) is 0 Å². The van der Waals surface area contributed by atoms with E-state index in [0.717, 1.165) is 11.4 Å². The van der Waals surface area contributed by atoms with Crippen LogP contribution >= 0.6 is 11.6 Å². The normalized spacial score (nSPS) is 10.4. The minimum atomic E-state index is -0.0225. The second-order valence-electron chi connectivity index (χ2n) is 3.48.